The van der Waals surface area contributed by atoms with Gasteiger partial charge in [0.15, 0.2) is 5.01 Å². The molecule has 2 aromatic carbocycles. The van der Waals surface area contributed by atoms with Crippen LogP contribution in [0.25, 0.3) is 32.3 Å². The highest BCUT2D eigenvalue weighted by molar-refractivity contribution is 7.17. The second-order valence-corrected chi connectivity index (χ2v) is 6.00. The third kappa shape index (κ3) is 2.35. The minimum absolute atomic E-state index is 0.759. The van der Waals surface area contributed by atoms with Crippen LogP contribution in [0.2, 0.25) is 0 Å². The van der Waals surface area contributed by atoms with Gasteiger partial charge in [-0.25, -0.2) is 4.98 Å². The maximum absolute atomic E-state index is 4.61. The van der Waals surface area contributed by atoms with Gasteiger partial charge in [0.25, 0.3) is 0 Å². The molecule has 0 spiro atoms. The molecular weight excluding hydrogens is 292 g/mol. The van der Waals surface area contributed by atoms with Gasteiger partial charge in [-0.3, -0.25) is 4.98 Å². The molecule has 2 heterocycles. The van der Waals surface area contributed by atoms with E-state index in [1.807, 2.05) is 24.3 Å². The number of nitrogens with zero attached hydrogens (tertiary/aromatic N) is 4. The van der Waals surface area contributed by atoms with E-state index in [2.05, 4.69) is 51.4 Å². The smallest absolute Gasteiger partial charge is 0.168 e. The van der Waals surface area contributed by atoms with Gasteiger partial charge in [-0.15, -0.1) is 10.2 Å². The van der Waals surface area contributed by atoms with Gasteiger partial charge in [0.1, 0.15) is 10.7 Å². The number of para-hydroxylation sites is 2. The molecule has 0 N–H and O–H groups in total. The number of aromatic nitrogens is 4. The van der Waals surface area contributed by atoms with Crippen LogP contribution in [0.3, 0.4) is 0 Å². The molecule has 4 rings (SSSR count). The Morgan fingerprint density at radius 3 is 2.36 bits per heavy atom. The molecule has 0 atom stereocenters. The number of rotatable bonds is 2. The third-order valence-corrected chi connectivity index (χ3v) is 4.39. The highest BCUT2D eigenvalue weighted by Crippen LogP contribution is 2.29. The van der Waals surface area contributed by atoms with Crippen LogP contribution in [-0.4, -0.2) is 20.2 Å². The Kier molecular flexibility index (Phi) is 3.12. The number of hydrogen-bond acceptors (Lipinski definition) is 5. The van der Waals surface area contributed by atoms with Crippen molar-refractivity contribution in [3.05, 3.63) is 60.3 Å². The SMILES string of the molecule is Cc1ccc(-c2nnc(-c3cnc4ccccc4n3)s2)cc1. The van der Waals surface area contributed by atoms with E-state index in [9.17, 15) is 0 Å². The highest BCUT2D eigenvalue weighted by atomic mass is 32.1. The fraction of sp³-hybridized carbons (Fsp3) is 0.0588. The molecule has 0 aliphatic carbocycles. The Morgan fingerprint density at radius 1 is 0.818 bits per heavy atom. The molecule has 4 nitrogen and oxygen atoms in total. The summed E-state index contributed by atoms with van der Waals surface area (Å²) in [5.41, 5.74) is 4.81. The Hall–Kier alpha value is -2.66. The summed E-state index contributed by atoms with van der Waals surface area (Å²) in [5, 5.41) is 10.2. The topological polar surface area (TPSA) is 51.6 Å². The van der Waals surface area contributed by atoms with Crippen LogP contribution in [0.5, 0.6) is 0 Å². The zero-order valence-electron chi connectivity index (χ0n) is 11.9. The molecule has 0 saturated heterocycles. The number of hydrogen-bond donors (Lipinski definition) is 0. The summed E-state index contributed by atoms with van der Waals surface area (Å²) in [6, 6.07) is 16.1. The number of benzene rings is 2. The molecule has 106 valence electrons. The standard InChI is InChI=1S/C17H12N4S/c1-11-6-8-12(9-7-11)16-20-21-17(22-16)15-10-18-13-4-2-3-5-14(13)19-15/h2-10H,1H3. The van der Waals surface area contributed by atoms with Crippen LogP contribution < -0.4 is 0 Å². The Balaban J connectivity index is 1.74. The zero-order chi connectivity index (χ0) is 14.9. The van der Waals surface area contributed by atoms with E-state index in [4.69, 9.17) is 0 Å². The fourth-order valence-corrected chi connectivity index (χ4v) is 3.00. The second-order valence-electron chi connectivity index (χ2n) is 5.02. The Labute approximate surface area is 131 Å². The van der Waals surface area contributed by atoms with Crippen molar-refractivity contribution >= 4 is 22.4 Å². The molecule has 0 unspecified atom stereocenters. The van der Waals surface area contributed by atoms with Crippen molar-refractivity contribution in [3.8, 4) is 21.3 Å². The summed E-state index contributed by atoms with van der Waals surface area (Å²) in [5.74, 6) is 0. The summed E-state index contributed by atoms with van der Waals surface area (Å²) < 4.78 is 0. The quantitative estimate of drug-likeness (QED) is 0.559. The lowest BCUT2D eigenvalue weighted by molar-refractivity contribution is 1.09. The summed E-state index contributed by atoms with van der Waals surface area (Å²) >= 11 is 1.53. The van der Waals surface area contributed by atoms with Crippen LogP contribution in [0.15, 0.2) is 54.7 Å². The molecule has 0 aliphatic heterocycles. The summed E-state index contributed by atoms with van der Waals surface area (Å²) in [6.45, 7) is 2.07. The molecule has 0 fully saturated rings. The summed E-state index contributed by atoms with van der Waals surface area (Å²) in [7, 11) is 0. The van der Waals surface area contributed by atoms with Crippen molar-refractivity contribution in [1.82, 2.24) is 20.2 Å². The van der Waals surface area contributed by atoms with Gasteiger partial charge in [-0.05, 0) is 19.1 Å². The maximum atomic E-state index is 4.61. The number of fused-ring (bicyclic) bond motifs is 1. The van der Waals surface area contributed by atoms with E-state index < -0.39 is 0 Å². The van der Waals surface area contributed by atoms with Crippen LogP contribution in [0.4, 0.5) is 0 Å². The fourth-order valence-electron chi connectivity index (χ4n) is 2.20. The van der Waals surface area contributed by atoms with E-state index in [1.54, 1.807) is 6.20 Å². The first-order valence-electron chi connectivity index (χ1n) is 6.92. The van der Waals surface area contributed by atoms with Crippen molar-refractivity contribution in [3.63, 3.8) is 0 Å². The van der Waals surface area contributed by atoms with Crippen molar-refractivity contribution in [2.45, 2.75) is 6.92 Å². The zero-order valence-corrected chi connectivity index (χ0v) is 12.7. The van der Waals surface area contributed by atoms with Crippen LogP contribution in [0, 0.1) is 6.92 Å². The Bertz CT molecular complexity index is 944. The average molecular weight is 304 g/mol. The summed E-state index contributed by atoms with van der Waals surface area (Å²) in [4.78, 5) is 9.04. The van der Waals surface area contributed by atoms with Crippen molar-refractivity contribution < 1.29 is 0 Å². The van der Waals surface area contributed by atoms with Crippen LogP contribution >= 0.6 is 11.3 Å². The van der Waals surface area contributed by atoms with Gasteiger partial charge in [0.05, 0.1) is 17.2 Å². The van der Waals surface area contributed by atoms with Crippen molar-refractivity contribution in [1.29, 1.82) is 0 Å². The molecular formula is C17H12N4S. The maximum Gasteiger partial charge on any atom is 0.168 e. The first-order chi connectivity index (χ1) is 10.8. The van der Waals surface area contributed by atoms with Crippen molar-refractivity contribution in [2.75, 3.05) is 0 Å². The number of aryl methyl sites for hydroxylation is 1. The van der Waals surface area contributed by atoms with Gasteiger partial charge in [-0.2, -0.15) is 0 Å². The summed E-state index contributed by atoms with van der Waals surface area (Å²) in [6.07, 6.45) is 1.75. The van der Waals surface area contributed by atoms with E-state index in [1.165, 1.54) is 16.9 Å². The van der Waals surface area contributed by atoms with Crippen LogP contribution in [-0.2, 0) is 0 Å². The minimum atomic E-state index is 0.759. The Morgan fingerprint density at radius 2 is 1.55 bits per heavy atom. The molecule has 0 saturated carbocycles. The third-order valence-electron chi connectivity index (χ3n) is 3.39. The van der Waals surface area contributed by atoms with Gasteiger partial charge in [0, 0.05) is 5.56 Å². The van der Waals surface area contributed by atoms with E-state index >= 15 is 0 Å². The van der Waals surface area contributed by atoms with Gasteiger partial charge in [0.2, 0.25) is 0 Å². The van der Waals surface area contributed by atoms with Gasteiger partial charge < -0.3 is 0 Å². The van der Waals surface area contributed by atoms with E-state index in [0.29, 0.717) is 0 Å². The highest BCUT2D eigenvalue weighted by Gasteiger charge is 2.10. The van der Waals surface area contributed by atoms with Crippen LogP contribution in [0.1, 0.15) is 5.56 Å². The first-order valence-corrected chi connectivity index (χ1v) is 7.74. The molecule has 2 aromatic heterocycles. The predicted molar refractivity (Wildman–Crippen MR) is 88.6 cm³/mol. The largest absolute Gasteiger partial charge is 0.252 e. The molecule has 0 aliphatic rings. The van der Waals surface area contributed by atoms with E-state index in [0.717, 1.165) is 32.3 Å². The predicted octanol–water partition coefficient (Wildman–Crippen LogP) is 4.12. The molecule has 5 heteroatoms. The lowest BCUT2D eigenvalue weighted by Crippen LogP contribution is -1.87. The molecule has 22 heavy (non-hydrogen) atoms. The van der Waals surface area contributed by atoms with Gasteiger partial charge in [-0.1, -0.05) is 53.3 Å². The lowest BCUT2D eigenvalue weighted by Gasteiger charge is -1.98. The molecule has 0 amide bonds. The monoisotopic (exact) mass is 304 g/mol. The first kappa shape index (κ1) is 13.0. The van der Waals surface area contributed by atoms with Crippen molar-refractivity contribution in [2.24, 2.45) is 0 Å². The molecule has 0 radical (unpaired) electrons. The minimum Gasteiger partial charge on any atom is -0.252 e. The average Bonchev–Trinajstić information content (AvgIpc) is 3.05. The molecule has 4 aromatic rings. The van der Waals surface area contributed by atoms with Gasteiger partial charge >= 0.3 is 0 Å². The molecule has 0 bridgehead atoms. The van der Waals surface area contributed by atoms with E-state index in [-0.39, 0.29) is 0 Å². The second kappa shape index (κ2) is 5.27. The lowest BCUT2D eigenvalue weighted by atomic mass is 10.2. The normalized spacial score (nSPS) is 11.0.